The van der Waals surface area contributed by atoms with Gasteiger partial charge in [0.2, 0.25) is 6.35 Å². The SMILES string of the molecule is C=[P+](C)COc1ccc(C(O)CN(C[P+](=C)C)C(C)Cc2ccc(OC)cc2)cc1N. The molecule has 7 heteroatoms. The topological polar surface area (TPSA) is 68.0 Å². The monoisotopic (exact) mass is 462 g/mol. The van der Waals surface area contributed by atoms with Gasteiger partial charge in [-0.05, 0) is 48.7 Å². The van der Waals surface area contributed by atoms with Gasteiger partial charge >= 0.3 is 0 Å². The van der Waals surface area contributed by atoms with Gasteiger partial charge < -0.3 is 20.3 Å². The Morgan fingerprint density at radius 3 is 2.32 bits per heavy atom. The molecule has 31 heavy (non-hydrogen) atoms. The summed E-state index contributed by atoms with van der Waals surface area (Å²) in [5, 5.41) is 10.9. The first-order valence-corrected chi connectivity index (χ1v) is 14.6. The molecule has 0 saturated heterocycles. The molecule has 0 aliphatic carbocycles. The number of nitrogen functional groups attached to an aromatic ring is 1. The molecular formula is C24H36N2O3P2+2. The highest BCUT2D eigenvalue weighted by molar-refractivity contribution is 7.55. The number of anilines is 1. The number of ether oxygens (including phenoxy) is 2. The van der Waals surface area contributed by atoms with Gasteiger partial charge in [-0.25, -0.2) is 0 Å². The van der Waals surface area contributed by atoms with E-state index < -0.39 is 13.6 Å². The van der Waals surface area contributed by atoms with Gasteiger partial charge in [-0.2, -0.15) is 0 Å². The lowest BCUT2D eigenvalue weighted by atomic mass is 10.0. The summed E-state index contributed by atoms with van der Waals surface area (Å²) in [6, 6.07) is 14.0. The molecule has 4 atom stereocenters. The van der Waals surface area contributed by atoms with Gasteiger partial charge in [-0.1, -0.05) is 18.2 Å². The number of rotatable bonds is 12. The number of nitrogens with two attached hydrogens (primary N) is 1. The van der Waals surface area contributed by atoms with Gasteiger partial charge in [-0.15, -0.1) is 0 Å². The second-order valence-electron chi connectivity index (χ2n) is 8.11. The van der Waals surface area contributed by atoms with Crippen molar-refractivity contribution in [2.75, 3.05) is 45.4 Å². The quantitative estimate of drug-likeness (QED) is 0.356. The van der Waals surface area contributed by atoms with Crippen molar-refractivity contribution in [2.24, 2.45) is 0 Å². The van der Waals surface area contributed by atoms with Gasteiger partial charge in [0.1, 0.15) is 19.0 Å². The maximum absolute atomic E-state index is 10.9. The maximum Gasteiger partial charge on any atom is 0.242 e. The van der Waals surface area contributed by atoms with Crippen molar-refractivity contribution in [2.45, 2.75) is 25.5 Å². The molecule has 0 radical (unpaired) electrons. The van der Waals surface area contributed by atoms with Crippen molar-refractivity contribution >= 4 is 33.4 Å². The van der Waals surface area contributed by atoms with Gasteiger partial charge in [0, 0.05) is 12.6 Å². The molecular weight excluding hydrogens is 426 g/mol. The molecule has 4 unspecified atom stereocenters. The molecule has 2 rings (SSSR count). The highest BCUT2D eigenvalue weighted by Crippen LogP contribution is 2.29. The third kappa shape index (κ3) is 8.27. The Kier molecular flexibility index (Phi) is 9.99. The lowest BCUT2D eigenvalue weighted by molar-refractivity contribution is 0.104. The van der Waals surface area contributed by atoms with E-state index in [1.807, 2.05) is 30.3 Å². The van der Waals surface area contributed by atoms with Crippen molar-refractivity contribution in [3.05, 3.63) is 53.6 Å². The Morgan fingerprint density at radius 2 is 1.77 bits per heavy atom. The van der Waals surface area contributed by atoms with Crippen LogP contribution in [0.1, 0.15) is 24.2 Å². The molecule has 3 N–H and O–H groups in total. The van der Waals surface area contributed by atoms with Crippen LogP contribution in [0.2, 0.25) is 0 Å². The number of aliphatic hydroxyl groups is 1. The largest absolute Gasteiger partial charge is 0.497 e. The van der Waals surface area contributed by atoms with Crippen LogP contribution in [-0.4, -0.2) is 68.3 Å². The maximum atomic E-state index is 10.9. The molecule has 0 fully saturated rings. The van der Waals surface area contributed by atoms with Crippen molar-refractivity contribution < 1.29 is 14.6 Å². The van der Waals surface area contributed by atoms with Gasteiger partial charge in [-0.3, -0.25) is 4.90 Å². The number of methoxy groups -OCH3 is 1. The standard InChI is InChI=1S/C24H36N2O3P2/c1-18(13-19-7-10-21(28-2)11-8-19)26(16-30(3)4)15-23(27)20-9-12-24(22(25)14-20)29-17-31(5)6/h7-12,14,18,23,27H,3,5,13,15-17,25H2,1-2,4,6H3/q+2. The van der Waals surface area contributed by atoms with Crippen LogP contribution in [0.25, 0.3) is 0 Å². The summed E-state index contributed by atoms with van der Waals surface area (Å²) in [6.45, 7) is 6.93. The zero-order valence-electron chi connectivity index (χ0n) is 19.1. The van der Waals surface area contributed by atoms with Crippen LogP contribution < -0.4 is 15.2 Å². The van der Waals surface area contributed by atoms with Crippen LogP contribution in [0.5, 0.6) is 11.5 Å². The molecule has 0 aliphatic heterocycles. The Morgan fingerprint density at radius 1 is 1.10 bits per heavy atom. The summed E-state index contributed by atoms with van der Waals surface area (Å²) >= 11 is 0. The number of benzene rings is 2. The van der Waals surface area contributed by atoms with Crippen LogP contribution in [-0.2, 0) is 6.42 Å². The fourth-order valence-electron chi connectivity index (χ4n) is 3.33. The Hall–Kier alpha value is -1.90. The second kappa shape index (κ2) is 12.2. The summed E-state index contributed by atoms with van der Waals surface area (Å²) in [7, 11) is 0.889. The molecule has 0 spiro atoms. The van der Waals surface area contributed by atoms with E-state index in [1.54, 1.807) is 7.11 Å². The summed E-state index contributed by atoms with van der Waals surface area (Å²) in [5.41, 5.74) is 8.74. The average molecular weight is 463 g/mol. The van der Waals surface area contributed by atoms with Gasteiger partial charge in [0.15, 0.2) is 6.29 Å². The van der Waals surface area contributed by atoms with Crippen molar-refractivity contribution in [3.8, 4) is 11.5 Å². The minimum Gasteiger partial charge on any atom is -0.497 e. The first kappa shape index (κ1) is 25.4. The lowest BCUT2D eigenvalue weighted by Gasteiger charge is -2.28. The summed E-state index contributed by atoms with van der Waals surface area (Å²) < 4.78 is 11.0. The van der Waals surface area contributed by atoms with Crippen LogP contribution in [0, 0.1) is 0 Å². The lowest BCUT2D eigenvalue weighted by Crippen LogP contribution is -2.37. The van der Waals surface area contributed by atoms with Gasteiger partial charge in [0.25, 0.3) is 0 Å². The predicted octanol–water partition coefficient (Wildman–Crippen LogP) is 4.63. The van der Waals surface area contributed by atoms with E-state index in [1.165, 1.54) is 5.56 Å². The van der Waals surface area contributed by atoms with E-state index in [9.17, 15) is 5.11 Å². The first-order valence-electron chi connectivity index (χ1n) is 10.3. The Labute approximate surface area is 189 Å². The average Bonchev–Trinajstić information content (AvgIpc) is 2.72. The van der Waals surface area contributed by atoms with E-state index in [2.05, 4.69) is 49.9 Å². The van der Waals surface area contributed by atoms with E-state index >= 15 is 0 Å². The van der Waals surface area contributed by atoms with Crippen molar-refractivity contribution in [1.82, 2.24) is 4.90 Å². The Balaban J connectivity index is 2.08. The molecule has 0 heterocycles. The van der Waals surface area contributed by atoms with E-state index in [-0.39, 0.29) is 13.6 Å². The second-order valence-corrected chi connectivity index (χ2v) is 12.1. The summed E-state index contributed by atoms with van der Waals surface area (Å²) in [4.78, 5) is 2.32. The van der Waals surface area contributed by atoms with E-state index in [0.29, 0.717) is 24.3 Å². The van der Waals surface area contributed by atoms with Crippen LogP contribution in [0.15, 0.2) is 42.5 Å². The third-order valence-corrected chi connectivity index (χ3v) is 6.42. The number of hydrogen-bond acceptors (Lipinski definition) is 5. The molecule has 2 aromatic carbocycles. The molecule has 2 aromatic rings. The van der Waals surface area contributed by atoms with Gasteiger partial charge in [0.05, 0.1) is 52.4 Å². The van der Waals surface area contributed by atoms with Crippen LogP contribution in [0.3, 0.4) is 0 Å². The number of hydrogen-bond donors (Lipinski definition) is 2. The molecule has 0 aliphatic rings. The normalized spacial score (nSPS) is 14.1. The van der Waals surface area contributed by atoms with Crippen molar-refractivity contribution in [1.29, 1.82) is 0 Å². The fourth-order valence-corrected chi connectivity index (χ4v) is 4.71. The molecule has 5 nitrogen and oxygen atoms in total. The minimum atomic E-state index is -0.638. The highest BCUT2D eigenvalue weighted by atomic mass is 31.1. The first-order chi connectivity index (χ1) is 14.7. The molecule has 0 aromatic heterocycles. The fraction of sp³-hybridized carbons (Fsp3) is 0.417. The van der Waals surface area contributed by atoms with Crippen LogP contribution in [0.4, 0.5) is 5.69 Å². The molecule has 168 valence electrons. The summed E-state index contributed by atoms with van der Waals surface area (Å²) in [5.74, 6) is 1.50. The predicted molar refractivity (Wildman–Crippen MR) is 139 cm³/mol. The smallest absolute Gasteiger partial charge is 0.242 e. The van der Waals surface area contributed by atoms with Crippen LogP contribution >= 0.6 is 15.1 Å². The molecule has 0 amide bonds. The number of aliphatic hydroxyl groups excluding tert-OH is 1. The zero-order chi connectivity index (χ0) is 23.0. The minimum absolute atomic E-state index is 0.260. The zero-order valence-corrected chi connectivity index (χ0v) is 20.9. The van der Waals surface area contributed by atoms with E-state index in [0.717, 1.165) is 24.0 Å². The Bertz CT molecular complexity index is 887. The number of nitrogens with zero attached hydrogens (tertiary/aromatic N) is 1. The van der Waals surface area contributed by atoms with E-state index in [4.69, 9.17) is 15.2 Å². The summed E-state index contributed by atoms with van der Waals surface area (Å²) in [6.07, 6.45) is 9.89. The third-order valence-electron chi connectivity index (χ3n) is 5.00. The molecule has 0 saturated carbocycles. The highest BCUT2D eigenvalue weighted by Gasteiger charge is 2.23. The molecule has 0 bridgehead atoms. The van der Waals surface area contributed by atoms with Crippen molar-refractivity contribution in [3.63, 3.8) is 0 Å².